The summed E-state index contributed by atoms with van der Waals surface area (Å²) in [5.74, 6) is -2.61. The van der Waals surface area contributed by atoms with E-state index in [0.29, 0.717) is 10.4 Å². The fraction of sp³-hybridized carbons (Fsp3) is 0.278. The molecule has 3 rings (SSSR count). The normalized spacial score (nSPS) is 15.8. The van der Waals surface area contributed by atoms with Crippen LogP contribution in [-0.4, -0.2) is 17.7 Å². The Labute approximate surface area is 153 Å². The third kappa shape index (κ3) is 3.60. The van der Waals surface area contributed by atoms with E-state index in [1.54, 1.807) is 6.07 Å². The van der Waals surface area contributed by atoms with Crippen LogP contribution in [-0.2, 0) is 16.0 Å². The fourth-order valence-corrected chi connectivity index (χ4v) is 3.93. The van der Waals surface area contributed by atoms with Crippen LogP contribution in [0.5, 0.6) is 0 Å². The molecular formula is C18H18FN3O3S. The number of anilines is 1. The average molecular weight is 375 g/mol. The van der Waals surface area contributed by atoms with Gasteiger partial charge in [0.2, 0.25) is 11.8 Å². The highest BCUT2D eigenvalue weighted by Gasteiger charge is 2.31. The first-order chi connectivity index (χ1) is 12.4. The van der Waals surface area contributed by atoms with Crippen molar-refractivity contribution in [1.82, 2.24) is 10.9 Å². The third-order valence-electron chi connectivity index (χ3n) is 4.24. The largest absolute Gasteiger partial charge is 0.326 e. The lowest BCUT2D eigenvalue weighted by molar-refractivity contribution is -0.126. The Balaban J connectivity index is 1.70. The molecule has 2 aromatic rings. The molecule has 26 heavy (non-hydrogen) atoms. The lowest BCUT2D eigenvalue weighted by atomic mass is 9.90. The van der Waals surface area contributed by atoms with Crippen LogP contribution in [0.4, 0.5) is 10.1 Å². The molecule has 1 unspecified atom stereocenters. The SMILES string of the molecule is CCc1sc(C(=O)NNC(=O)C2CC(=O)Nc3cc(F)ccc32)cc1C. The second-order valence-corrected chi connectivity index (χ2v) is 7.19. The molecule has 136 valence electrons. The Morgan fingerprint density at radius 3 is 2.77 bits per heavy atom. The van der Waals surface area contributed by atoms with E-state index in [0.717, 1.165) is 16.9 Å². The molecular weight excluding hydrogens is 357 g/mol. The Hall–Kier alpha value is -2.74. The average Bonchev–Trinajstić information content (AvgIpc) is 2.99. The molecule has 8 heteroatoms. The van der Waals surface area contributed by atoms with Gasteiger partial charge in [-0.3, -0.25) is 25.2 Å². The Morgan fingerprint density at radius 2 is 2.08 bits per heavy atom. The summed E-state index contributed by atoms with van der Waals surface area (Å²) < 4.78 is 13.3. The summed E-state index contributed by atoms with van der Waals surface area (Å²) in [6, 6.07) is 5.64. The second-order valence-electron chi connectivity index (χ2n) is 6.05. The minimum absolute atomic E-state index is 0.0710. The molecule has 1 aromatic heterocycles. The monoisotopic (exact) mass is 375 g/mol. The molecule has 0 saturated heterocycles. The van der Waals surface area contributed by atoms with Gasteiger partial charge in [-0.05, 0) is 42.7 Å². The molecule has 3 N–H and O–H groups in total. The third-order valence-corrected chi connectivity index (χ3v) is 5.62. The van der Waals surface area contributed by atoms with Gasteiger partial charge in [-0.2, -0.15) is 0 Å². The number of hydrazine groups is 1. The predicted octanol–water partition coefficient (Wildman–Crippen LogP) is 2.65. The first-order valence-corrected chi connectivity index (χ1v) is 8.99. The summed E-state index contributed by atoms with van der Waals surface area (Å²) in [7, 11) is 0. The maximum absolute atomic E-state index is 13.3. The van der Waals surface area contributed by atoms with Crippen LogP contribution in [0, 0.1) is 12.7 Å². The van der Waals surface area contributed by atoms with Gasteiger partial charge in [-0.1, -0.05) is 13.0 Å². The molecule has 1 aliphatic heterocycles. The highest BCUT2D eigenvalue weighted by atomic mass is 32.1. The maximum atomic E-state index is 13.3. The first kappa shape index (κ1) is 18.1. The van der Waals surface area contributed by atoms with Crippen molar-refractivity contribution in [2.75, 3.05) is 5.32 Å². The highest BCUT2D eigenvalue weighted by molar-refractivity contribution is 7.14. The number of thiophene rings is 1. The molecule has 0 bridgehead atoms. The molecule has 1 aromatic carbocycles. The molecule has 1 atom stereocenters. The maximum Gasteiger partial charge on any atom is 0.279 e. The minimum atomic E-state index is -0.795. The van der Waals surface area contributed by atoms with Crippen molar-refractivity contribution in [1.29, 1.82) is 0 Å². The zero-order valence-electron chi connectivity index (χ0n) is 14.3. The number of fused-ring (bicyclic) bond motifs is 1. The fourth-order valence-electron chi connectivity index (χ4n) is 2.92. The van der Waals surface area contributed by atoms with Crippen LogP contribution in [0.2, 0.25) is 0 Å². The smallest absolute Gasteiger partial charge is 0.279 e. The first-order valence-electron chi connectivity index (χ1n) is 8.17. The highest BCUT2D eigenvalue weighted by Crippen LogP contribution is 2.32. The number of carbonyl (C=O) groups excluding carboxylic acids is 3. The summed E-state index contributed by atoms with van der Waals surface area (Å²) in [5, 5.41) is 2.55. The van der Waals surface area contributed by atoms with E-state index in [9.17, 15) is 18.8 Å². The zero-order valence-corrected chi connectivity index (χ0v) is 15.1. The van der Waals surface area contributed by atoms with Crippen molar-refractivity contribution in [2.24, 2.45) is 0 Å². The number of halogens is 1. The minimum Gasteiger partial charge on any atom is -0.326 e. The standard InChI is InChI=1S/C18H18FN3O3S/c1-3-14-9(2)6-15(26-14)18(25)22-21-17(24)12-8-16(23)20-13-7-10(19)4-5-11(12)13/h4-7,12H,3,8H2,1-2H3,(H,20,23)(H,21,24)(H,22,25). The van der Waals surface area contributed by atoms with E-state index in [2.05, 4.69) is 16.2 Å². The van der Waals surface area contributed by atoms with Crippen molar-refractivity contribution >= 4 is 34.7 Å². The van der Waals surface area contributed by atoms with Gasteiger partial charge in [0.25, 0.3) is 5.91 Å². The molecule has 6 nitrogen and oxygen atoms in total. The molecule has 0 fully saturated rings. The van der Waals surface area contributed by atoms with E-state index in [-0.39, 0.29) is 18.0 Å². The van der Waals surface area contributed by atoms with E-state index in [1.165, 1.54) is 29.5 Å². The molecule has 0 aliphatic carbocycles. The summed E-state index contributed by atoms with van der Waals surface area (Å²) in [6.07, 6.45) is 0.763. The summed E-state index contributed by atoms with van der Waals surface area (Å²) in [6.45, 7) is 3.94. The van der Waals surface area contributed by atoms with Crippen molar-refractivity contribution in [3.63, 3.8) is 0 Å². The van der Waals surface area contributed by atoms with Gasteiger partial charge in [-0.15, -0.1) is 11.3 Å². The van der Waals surface area contributed by atoms with Gasteiger partial charge < -0.3 is 5.32 Å². The molecule has 0 radical (unpaired) electrons. The van der Waals surface area contributed by atoms with Crippen LogP contribution in [0.1, 0.15) is 44.9 Å². The second kappa shape index (κ2) is 7.25. The zero-order chi connectivity index (χ0) is 18.8. The number of rotatable bonds is 3. The number of hydrogen-bond acceptors (Lipinski definition) is 4. The van der Waals surface area contributed by atoms with Gasteiger partial charge in [0, 0.05) is 17.0 Å². The van der Waals surface area contributed by atoms with Crippen molar-refractivity contribution in [2.45, 2.75) is 32.6 Å². The quantitative estimate of drug-likeness (QED) is 0.721. The Morgan fingerprint density at radius 1 is 1.31 bits per heavy atom. The Kier molecular flexibility index (Phi) is 5.03. The predicted molar refractivity (Wildman–Crippen MR) is 96.4 cm³/mol. The van der Waals surface area contributed by atoms with Crippen molar-refractivity contribution in [3.8, 4) is 0 Å². The number of nitrogens with one attached hydrogen (secondary N) is 3. The number of carbonyl (C=O) groups is 3. The van der Waals surface area contributed by atoms with E-state index in [4.69, 9.17) is 0 Å². The molecule has 0 spiro atoms. The molecule has 3 amide bonds. The molecule has 0 saturated carbocycles. The van der Waals surface area contributed by atoms with Gasteiger partial charge in [0.1, 0.15) is 5.82 Å². The Bertz CT molecular complexity index is 894. The van der Waals surface area contributed by atoms with Crippen molar-refractivity contribution in [3.05, 3.63) is 51.0 Å². The summed E-state index contributed by atoms with van der Waals surface area (Å²) in [5.41, 5.74) is 6.57. The van der Waals surface area contributed by atoms with E-state index in [1.807, 2.05) is 13.8 Å². The number of benzene rings is 1. The van der Waals surface area contributed by atoms with Gasteiger partial charge >= 0.3 is 0 Å². The van der Waals surface area contributed by atoms with Crippen LogP contribution >= 0.6 is 11.3 Å². The summed E-state index contributed by atoms with van der Waals surface area (Å²) in [4.78, 5) is 38.1. The number of amides is 3. The van der Waals surface area contributed by atoms with Gasteiger partial charge in [-0.25, -0.2) is 4.39 Å². The van der Waals surface area contributed by atoms with Crippen LogP contribution in [0.25, 0.3) is 0 Å². The number of aryl methyl sites for hydroxylation is 2. The molecule has 2 heterocycles. The topological polar surface area (TPSA) is 87.3 Å². The van der Waals surface area contributed by atoms with Crippen molar-refractivity contribution < 1.29 is 18.8 Å². The van der Waals surface area contributed by atoms with Crippen LogP contribution < -0.4 is 16.2 Å². The molecule has 1 aliphatic rings. The van der Waals surface area contributed by atoms with E-state index >= 15 is 0 Å². The van der Waals surface area contributed by atoms with Crippen LogP contribution in [0.3, 0.4) is 0 Å². The lowest BCUT2D eigenvalue weighted by Crippen LogP contribution is -2.45. The lowest BCUT2D eigenvalue weighted by Gasteiger charge is -2.24. The summed E-state index contributed by atoms with van der Waals surface area (Å²) >= 11 is 1.38. The van der Waals surface area contributed by atoms with E-state index < -0.39 is 23.5 Å². The number of hydrogen-bond donors (Lipinski definition) is 3. The van der Waals surface area contributed by atoms with Crippen LogP contribution in [0.15, 0.2) is 24.3 Å². The van der Waals surface area contributed by atoms with Gasteiger partial charge in [0.15, 0.2) is 0 Å². The van der Waals surface area contributed by atoms with Gasteiger partial charge in [0.05, 0.1) is 10.8 Å².